The van der Waals surface area contributed by atoms with Crippen LogP contribution in [0.5, 0.6) is 0 Å². The van der Waals surface area contributed by atoms with Crippen LogP contribution in [-0.2, 0) is 25.5 Å². The number of carbonyl (C=O) groups is 2. The Labute approximate surface area is 163 Å². The maximum atomic E-state index is 12.8. The summed E-state index contributed by atoms with van der Waals surface area (Å²) < 4.78 is 10.4. The average Bonchev–Trinajstić information content (AvgIpc) is 3.18. The van der Waals surface area contributed by atoms with E-state index in [-0.39, 0.29) is 25.2 Å². The highest BCUT2D eigenvalue weighted by atomic mass is 32.1. The number of thiophene rings is 1. The fourth-order valence-corrected chi connectivity index (χ4v) is 4.10. The van der Waals surface area contributed by atoms with E-state index in [4.69, 9.17) is 9.47 Å². The van der Waals surface area contributed by atoms with Gasteiger partial charge in [-0.15, -0.1) is 17.9 Å². The Hall–Kier alpha value is -2.44. The summed E-state index contributed by atoms with van der Waals surface area (Å²) in [6.45, 7) is 5.71. The molecule has 1 aromatic carbocycles. The Balaban J connectivity index is 1.71. The first-order valence-electron chi connectivity index (χ1n) is 8.91. The predicted octanol–water partition coefficient (Wildman–Crippen LogP) is 3.36. The molecule has 2 atom stereocenters. The zero-order valence-corrected chi connectivity index (χ0v) is 16.1. The Morgan fingerprint density at radius 2 is 2.11 bits per heavy atom. The molecule has 0 saturated carbocycles. The van der Waals surface area contributed by atoms with E-state index in [2.05, 4.69) is 18.0 Å². The molecule has 27 heavy (non-hydrogen) atoms. The summed E-state index contributed by atoms with van der Waals surface area (Å²) in [5.74, 6) is -0.750. The minimum Gasteiger partial charge on any atom is -0.454 e. The van der Waals surface area contributed by atoms with E-state index >= 15 is 0 Å². The maximum absolute atomic E-state index is 12.8. The van der Waals surface area contributed by atoms with Crippen LogP contribution in [0, 0.1) is 0 Å². The molecule has 0 radical (unpaired) electrons. The topological polar surface area (TPSA) is 55.8 Å². The molecule has 1 amide bonds. The fraction of sp³-hybridized carbons (Fsp3) is 0.333. The minimum absolute atomic E-state index is 0.151. The molecule has 0 spiro atoms. The van der Waals surface area contributed by atoms with Crippen molar-refractivity contribution in [3.05, 3.63) is 70.4 Å². The first-order valence-corrected chi connectivity index (χ1v) is 9.79. The average molecular weight is 385 g/mol. The third kappa shape index (κ3) is 4.46. The van der Waals surface area contributed by atoms with Gasteiger partial charge in [0.05, 0.1) is 12.6 Å². The lowest BCUT2D eigenvalue weighted by Gasteiger charge is -2.36. The van der Waals surface area contributed by atoms with E-state index < -0.39 is 12.1 Å². The van der Waals surface area contributed by atoms with Crippen LogP contribution in [0.2, 0.25) is 0 Å². The van der Waals surface area contributed by atoms with Gasteiger partial charge in [0, 0.05) is 11.4 Å². The first-order chi connectivity index (χ1) is 13.1. The quantitative estimate of drug-likeness (QED) is 0.542. The zero-order valence-electron chi connectivity index (χ0n) is 15.3. The smallest absolute Gasteiger partial charge is 0.335 e. The van der Waals surface area contributed by atoms with Gasteiger partial charge < -0.3 is 14.4 Å². The van der Waals surface area contributed by atoms with Gasteiger partial charge in [-0.05, 0) is 35.9 Å². The van der Waals surface area contributed by atoms with Crippen molar-refractivity contribution < 1.29 is 19.1 Å². The van der Waals surface area contributed by atoms with Gasteiger partial charge in [-0.1, -0.05) is 36.4 Å². The second kappa shape index (κ2) is 8.97. The van der Waals surface area contributed by atoms with Gasteiger partial charge in [-0.2, -0.15) is 0 Å². The molecule has 1 aliphatic rings. The van der Waals surface area contributed by atoms with Crippen LogP contribution in [0.25, 0.3) is 0 Å². The van der Waals surface area contributed by atoms with Crippen molar-refractivity contribution >= 4 is 23.2 Å². The summed E-state index contributed by atoms with van der Waals surface area (Å²) in [7, 11) is 0. The number of hydrogen-bond donors (Lipinski definition) is 0. The van der Waals surface area contributed by atoms with Gasteiger partial charge in [0.15, 0.2) is 12.7 Å². The highest BCUT2D eigenvalue weighted by molar-refractivity contribution is 7.10. The maximum Gasteiger partial charge on any atom is 0.335 e. The first kappa shape index (κ1) is 19.3. The van der Waals surface area contributed by atoms with Crippen molar-refractivity contribution in [3.63, 3.8) is 0 Å². The monoisotopic (exact) mass is 385 g/mol. The highest BCUT2D eigenvalue weighted by Crippen LogP contribution is 2.37. The number of nitrogens with zero attached hydrogens (tertiary/aromatic N) is 1. The van der Waals surface area contributed by atoms with Gasteiger partial charge >= 0.3 is 5.97 Å². The number of benzene rings is 1. The number of esters is 1. The molecule has 2 heterocycles. The zero-order chi connectivity index (χ0) is 19.2. The molecule has 2 unspecified atom stereocenters. The molecule has 2 aromatic rings. The lowest BCUT2D eigenvalue weighted by molar-refractivity contribution is -0.161. The predicted molar refractivity (Wildman–Crippen MR) is 105 cm³/mol. The second-order valence-electron chi connectivity index (χ2n) is 6.32. The summed E-state index contributed by atoms with van der Waals surface area (Å²) in [5.41, 5.74) is 2.21. The molecule has 0 fully saturated rings. The normalized spacial score (nSPS) is 17.1. The molecule has 1 aliphatic heterocycles. The van der Waals surface area contributed by atoms with Crippen LogP contribution in [0.3, 0.4) is 0 Å². The van der Waals surface area contributed by atoms with Crippen LogP contribution >= 0.6 is 11.3 Å². The summed E-state index contributed by atoms with van der Waals surface area (Å²) in [6.07, 6.45) is 1.64. The van der Waals surface area contributed by atoms with Crippen molar-refractivity contribution in [2.45, 2.75) is 25.5 Å². The number of hydrogen-bond acceptors (Lipinski definition) is 5. The van der Waals surface area contributed by atoms with Crippen molar-refractivity contribution in [1.29, 1.82) is 0 Å². The number of fused-ring (bicyclic) bond motifs is 1. The third-order valence-electron chi connectivity index (χ3n) is 4.54. The summed E-state index contributed by atoms with van der Waals surface area (Å²) in [5, 5.41) is 2.06. The number of carbonyl (C=O) groups excluding carboxylic acids is 2. The fourth-order valence-electron chi connectivity index (χ4n) is 3.19. The number of rotatable bonds is 7. The van der Waals surface area contributed by atoms with Crippen molar-refractivity contribution in [2.75, 3.05) is 19.8 Å². The lowest BCUT2D eigenvalue weighted by Crippen LogP contribution is -2.42. The van der Waals surface area contributed by atoms with E-state index in [0.717, 1.165) is 17.5 Å². The number of ether oxygens (including phenoxy) is 2. The van der Waals surface area contributed by atoms with Crippen LogP contribution in [0.15, 0.2) is 54.4 Å². The van der Waals surface area contributed by atoms with E-state index in [0.29, 0.717) is 6.54 Å². The summed E-state index contributed by atoms with van der Waals surface area (Å²) in [4.78, 5) is 27.9. The van der Waals surface area contributed by atoms with Crippen LogP contribution in [-0.4, -0.2) is 42.6 Å². The van der Waals surface area contributed by atoms with E-state index in [1.54, 1.807) is 29.2 Å². The van der Waals surface area contributed by atoms with E-state index in [9.17, 15) is 9.59 Å². The van der Waals surface area contributed by atoms with Gasteiger partial charge in [0.1, 0.15) is 0 Å². The Morgan fingerprint density at radius 3 is 2.85 bits per heavy atom. The van der Waals surface area contributed by atoms with Crippen molar-refractivity contribution in [3.8, 4) is 0 Å². The summed E-state index contributed by atoms with van der Waals surface area (Å²) in [6, 6.07) is 11.9. The lowest BCUT2D eigenvalue weighted by atomic mass is 9.93. The van der Waals surface area contributed by atoms with Gasteiger partial charge in [-0.3, -0.25) is 4.79 Å². The Kier molecular flexibility index (Phi) is 6.42. The molecule has 6 heteroatoms. The molecule has 1 aromatic heterocycles. The number of amides is 1. The molecule has 142 valence electrons. The van der Waals surface area contributed by atoms with Crippen molar-refractivity contribution in [2.24, 2.45) is 0 Å². The van der Waals surface area contributed by atoms with Crippen LogP contribution < -0.4 is 0 Å². The van der Waals surface area contributed by atoms with E-state index in [1.165, 1.54) is 4.88 Å². The molecule has 5 nitrogen and oxygen atoms in total. The third-order valence-corrected chi connectivity index (χ3v) is 5.53. The van der Waals surface area contributed by atoms with Gasteiger partial charge in [-0.25, -0.2) is 4.79 Å². The van der Waals surface area contributed by atoms with Gasteiger partial charge in [0.2, 0.25) is 0 Å². The second-order valence-corrected chi connectivity index (χ2v) is 7.32. The molecule has 0 bridgehead atoms. The standard InChI is InChI=1S/C21H23NO4S/c1-3-12-25-15(2)21(24)26-14-19(23)22-11-9-18-17(10-13-27-18)20(22)16-7-5-4-6-8-16/h3-8,10,13,15,20H,1,9,11-12,14H2,2H3. The van der Waals surface area contributed by atoms with Gasteiger partial charge in [0.25, 0.3) is 5.91 Å². The van der Waals surface area contributed by atoms with Crippen LogP contribution in [0.4, 0.5) is 0 Å². The highest BCUT2D eigenvalue weighted by Gasteiger charge is 2.33. The SMILES string of the molecule is C=CCOC(C)C(=O)OCC(=O)N1CCc2sccc2C1c1ccccc1. The Bertz CT molecular complexity index is 802. The van der Waals surface area contributed by atoms with Crippen molar-refractivity contribution in [1.82, 2.24) is 4.90 Å². The van der Waals surface area contributed by atoms with Crippen LogP contribution in [0.1, 0.15) is 29.0 Å². The van der Waals surface area contributed by atoms with E-state index in [1.807, 2.05) is 30.3 Å². The Morgan fingerprint density at radius 1 is 1.33 bits per heavy atom. The molecular weight excluding hydrogens is 362 g/mol. The largest absolute Gasteiger partial charge is 0.454 e. The molecule has 0 aliphatic carbocycles. The molecular formula is C21H23NO4S. The summed E-state index contributed by atoms with van der Waals surface area (Å²) >= 11 is 1.72. The minimum atomic E-state index is -0.731. The molecule has 3 rings (SSSR count). The molecule has 0 N–H and O–H groups in total. The molecule has 0 saturated heterocycles.